The van der Waals surface area contributed by atoms with Crippen LogP contribution in [-0.2, 0) is 20.8 Å². The van der Waals surface area contributed by atoms with Gasteiger partial charge in [-0.3, -0.25) is 14.4 Å². The molecule has 0 radical (unpaired) electrons. The number of fused-ring (bicyclic) bond motifs is 1. The van der Waals surface area contributed by atoms with Gasteiger partial charge in [0.25, 0.3) is 0 Å². The Labute approximate surface area is 140 Å². The third kappa shape index (κ3) is 2.56. The highest BCUT2D eigenvalue weighted by Gasteiger charge is 2.66. The molecule has 128 valence electrons. The Balaban J connectivity index is 1.76. The van der Waals surface area contributed by atoms with Gasteiger partial charge >= 0.3 is 5.97 Å². The van der Waals surface area contributed by atoms with Gasteiger partial charge in [-0.05, 0) is 29.9 Å². The van der Waals surface area contributed by atoms with Crippen molar-refractivity contribution in [1.82, 2.24) is 4.90 Å². The summed E-state index contributed by atoms with van der Waals surface area (Å²) in [6, 6.07) is 7.00. The lowest BCUT2D eigenvalue weighted by Crippen LogP contribution is -2.45. The number of para-hydroxylation sites is 1. The lowest BCUT2D eigenvalue weighted by molar-refractivity contribution is -0.143. The standard InChI is InChI=1S/C18H22N2O4/c1-18(2)13(14(18)17(23)24)16(22)20(3)12-9-8-10-6-4-5-7-11(10)19-15(12)21/h4-7,12-14H,8-9H2,1-3H3,(H,19,21)(H,23,24)/t12-,13-,14-/m1/s1. The molecule has 0 saturated heterocycles. The molecule has 1 aromatic carbocycles. The van der Waals surface area contributed by atoms with Gasteiger partial charge in [0.2, 0.25) is 11.8 Å². The van der Waals surface area contributed by atoms with E-state index in [9.17, 15) is 19.5 Å². The fourth-order valence-electron chi connectivity index (χ4n) is 3.80. The molecule has 24 heavy (non-hydrogen) atoms. The molecule has 2 amide bonds. The fraction of sp³-hybridized carbons (Fsp3) is 0.500. The summed E-state index contributed by atoms with van der Waals surface area (Å²) in [6.45, 7) is 3.57. The molecule has 2 N–H and O–H groups in total. The quantitative estimate of drug-likeness (QED) is 0.884. The van der Waals surface area contributed by atoms with Crippen LogP contribution in [0.5, 0.6) is 0 Å². The number of carbonyl (C=O) groups is 3. The first kappa shape index (κ1) is 16.5. The molecule has 0 spiro atoms. The normalized spacial score (nSPS) is 27.5. The second-order valence-electron chi connectivity index (χ2n) is 7.26. The van der Waals surface area contributed by atoms with Crippen LogP contribution in [0.4, 0.5) is 5.69 Å². The predicted octanol–water partition coefficient (Wildman–Crippen LogP) is 1.76. The van der Waals surface area contributed by atoms with Crippen LogP contribution in [0.2, 0.25) is 0 Å². The molecule has 1 saturated carbocycles. The summed E-state index contributed by atoms with van der Waals surface area (Å²) in [7, 11) is 1.59. The third-order valence-corrected chi connectivity index (χ3v) is 5.44. The lowest BCUT2D eigenvalue weighted by Gasteiger charge is -2.26. The van der Waals surface area contributed by atoms with E-state index in [4.69, 9.17) is 0 Å². The zero-order chi connectivity index (χ0) is 17.6. The van der Waals surface area contributed by atoms with Gasteiger partial charge < -0.3 is 15.3 Å². The van der Waals surface area contributed by atoms with Crippen molar-refractivity contribution in [3.8, 4) is 0 Å². The van der Waals surface area contributed by atoms with Gasteiger partial charge in [0.15, 0.2) is 0 Å². The number of likely N-dealkylation sites (N-methyl/N-ethyl adjacent to an activating group) is 1. The van der Waals surface area contributed by atoms with Gasteiger partial charge in [0.1, 0.15) is 6.04 Å². The second-order valence-corrected chi connectivity index (χ2v) is 7.26. The molecule has 2 aliphatic rings. The molecule has 3 atom stereocenters. The Morgan fingerprint density at radius 1 is 1.25 bits per heavy atom. The number of carboxylic acid groups (broad SMARTS) is 1. The zero-order valence-corrected chi connectivity index (χ0v) is 14.1. The average Bonchev–Trinajstić information content (AvgIpc) is 3.14. The highest BCUT2D eigenvalue weighted by atomic mass is 16.4. The van der Waals surface area contributed by atoms with Crippen molar-refractivity contribution in [2.45, 2.75) is 32.7 Å². The van der Waals surface area contributed by atoms with E-state index in [-0.39, 0.29) is 11.8 Å². The SMILES string of the molecule is CN(C(=O)[C@H]1[C@H](C(=O)O)C1(C)C)[C@@H]1CCc2ccccc2NC1=O. The van der Waals surface area contributed by atoms with Crippen LogP contribution < -0.4 is 5.32 Å². The highest BCUT2D eigenvalue weighted by Crippen LogP contribution is 2.59. The van der Waals surface area contributed by atoms with Crippen LogP contribution in [0.15, 0.2) is 24.3 Å². The molecule has 3 rings (SSSR count). The van der Waals surface area contributed by atoms with Gasteiger partial charge in [-0.1, -0.05) is 32.0 Å². The number of nitrogens with zero attached hydrogens (tertiary/aromatic N) is 1. The van der Waals surface area contributed by atoms with Crippen molar-refractivity contribution < 1.29 is 19.5 Å². The van der Waals surface area contributed by atoms with E-state index in [1.165, 1.54) is 4.90 Å². The number of benzene rings is 1. The van der Waals surface area contributed by atoms with Crippen molar-refractivity contribution in [2.24, 2.45) is 17.3 Å². The van der Waals surface area contributed by atoms with E-state index < -0.39 is 29.3 Å². The van der Waals surface area contributed by atoms with Crippen molar-refractivity contribution >= 4 is 23.5 Å². The molecule has 1 aliphatic carbocycles. The number of aryl methyl sites for hydroxylation is 1. The number of hydrogen-bond acceptors (Lipinski definition) is 3. The van der Waals surface area contributed by atoms with Crippen molar-refractivity contribution in [3.63, 3.8) is 0 Å². The van der Waals surface area contributed by atoms with Crippen LogP contribution in [-0.4, -0.2) is 40.9 Å². The monoisotopic (exact) mass is 330 g/mol. The Hall–Kier alpha value is -2.37. The first-order chi connectivity index (χ1) is 11.2. The minimum absolute atomic E-state index is 0.221. The van der Waals surface area contributed by atoms with Crippen molar-refractivity contribution in [2.75, 3.05) is 12.4 Å². The van der Waals surface area contributed by atoms with Crippen LogP contribution >= 0.6 is 0 Å². The molecule has 1 heterocycles. The molecule has 1 aromatic rings. The smallest absolute Gasteiger partial charge is 0.307 e. The Morgan fingerprint density at radius 3 is 2.54 bits per heavy atom. The molecule has 0 aromatic heterocycles. The number of anilines is 1. The number of carboxylic acids is 1. The van der Waals surface area contributed by atoms with E-state index in [0.29, 0.717) is 12.8 Å². The molecule has 1 fully saturated rings. The Bertz CT molecular complexity index is 713. The second kappa shape index (κ2) is 5.61. The van der Waals surface area contributed by atoms with Crippen LogP contribution in [0.25, 0.3) is 0 Å². The summed E-state index contributed by atoms with van der Waals surface area (Å²) in [5.41, 5.74) is 1.26. The lowest BCUT2D eigenvalue weighted by atomic mass is 10.0. The molecule has 0 bridgehead atoms. The number of rotatable bonds is 3. The van der Waals surface area contributed by atoms with E-state index in [0.717, 1.165) is 11.3 Å². The maximum absolute atomic E-state index is 12.7. The number of carbonyl (C=O) groups excluding carboxylic acids is 2. The van der Waals surface area contributed by atoms with E-state index in [2.05, 4.69) is 5.32 Å². The number of nitrogens with one attached hydrogen (secondary N) is 1. The van der Waals surface area contributed by atoms with E-state index in [1.807, 2.05) is 24.3 Å². The summed E-state index contributed by atoms with van der Waals surface area (Å²) >= 11 is 0. The Kier molecular flexibility index (Phi) is 3.86. The summed E-state index contributed by atoms with van der Waals surface area (Å²) in [5, 5.41) is 12.1. The first-order valence-corrected chi connectivity index (χ1v) is 8.13. The number of hydrogen-bond donors (Lipinski definition) is 2. The summed E-state index contributed by atoms with van der Waals surface area (Å²) < 4.78 is 0. The Morgan fingerprint density at radius 2 is 1.92 bits per heavy atom. The molecule has 6 heteroatoms. The van der Waals surface area contributed by atoms with E-state index in [1.54, 1.807) is 20.9 Å². The summed E-state index contributed by atoms with van der Waals surface area (Å²) in [4.78, 5) is 38.0. The molecular formula is C18H22N2O4. The fourth-order valence-corrected chi connectivity index (χ4v) is 3.80. The van der Waals surface area contributed by atoms with Gasteiger partial charge in [0.05, 0.1) is 11.8 Å². The third-order valence-electron chi connectivity index (χ3n) is 5.44. The van der Waals surface area contributed by atoms with Gasteiger partial charge in [0, 0.05) is 12.7 Å². The van der Waals surface area contributed by atoms with Crippen LogP contribution in [0.3, 0.4) is 0 Å². The highest BCUT2D eigenvalue weighted by molar-refractivity contribution is 6.00. The number of aliphatic carboxylic acids is 1. The van der Waals surface area contributed by atoms with Gasteiger partial charge in [-0.15, -0.1) is 0 Å². The van der Waals surface area contributed by atoms with Crippen LogP contribution in [0, 0.1) is 17.3 Å². The van der Waals surface area contributed by atoms with Crippen molar-refractivity contribution in [3.05, 3.63) is 29.8 Å². The van der Waals surface area contributed by atoms with Gasteiger partial charge in [-0.2, -0.15) is 0 Å². The topological polar surface area (TPSA) is 86.7 Å². The predicted molar refractivity (Wildman–Crippen MR) is 88.3 cm³/mol. The minimum atomic E-state index is -0.954. The first-order valence-electron chi connectivity index (χ1n) is 8.13. The summed E-state index contributed by atoms with van der Waals surface area (Å²) in [6.07, 6.45) is 1.21. The number of amides is 2. The molecule has 6 nitrogen and oxygen atoms in total. The minimum Gasteiger partial charge on any atom is -0.481 e. The zero-order valence-electron chi connectivity index (χ0n) is 14.1. The van der Waals surface area contributed by atoms with Gasteiger partial charge in [-0.25, -0.2) is 0 Å². The van der Waals surface area contributed by atoms with Crippen LogP contribution in [0.1, 0.15) is 25.8 Å². The maximum Gasteiger partial charge on any atom is 0.307 e. The summed E-state index contributed by atoms with van der Waals surface area (Å²) in [5.74, 6) is -2.69. The molecular weight excluding hydrogens is 308 g/mol. The molecule has 0 unspecified atom stereocenters. The maximum atomic E-state index is 12.7. The largest absolute Gasteiger partial charge is 0.481 e. The average molecular weight is 330 g/mol. The van der Waals surface area contributed by atoms with Crippen molar-refractivity contribution in [1.29, 1.82) is 0 Å². The van der Waals surface area contributed by atoms with E-state index >= 15 is 0 Å². The molecule has 1 aliphatic heterocycles.